The number of hydrogen-bond donors (Lipinski definition) is 3. The Hall–Kier alpha value is -2.69. The topological polar surface area (TPSA) is 102 Å². The Labute approximate surface area is 215 Å². The normalized spacial score (nSPS) is 11.8. The van der Waals surface area contributed by atoms with Crippen LogP contribution in [0.25, 0.3) is 22.4 Å². The van der Waals surface area contributed by atoms with Crippen LogP contribution in [0.1, 0.15) is 6.92 Å². The standard InChI is InChI=1S/C23H20Cl2IN7/c1-13(31-20-5-4-19(26)22(27)32-20)11-29-23-30-12-17(14-6-8-28-9-7-14)21(33-23)16-3-2-15(24)10-18(16)25/h2-10,12-13H,11H2,1H3,(H3,27,31,32)(H,29,30,33). The zero-order chi connectivity index (χ0) is 23.4. The predicted octanol–water partition coefficient (Wildman–Crippen LogP) is 6.01. The van der Waals surface area contributed by atoms with Crippen LogP contribution in [0.2, 0.25) is 10.0 Å². The summed E-state index contributed by atoms with van der Waals surface area (Å²) in [5.41, 5.74) is 9.15. The molecule has 4 aromatic rings. The maximum atomic E-state index is 6.51. The van der Waals surface area contributed by atoms with Crippen molar-refractivity contribution in [1.29, 1.82) is 0 Å². The minimum Gasteiger partial charge on any atom is -0.383 e. The van der Waals surface area contributed by atoms with Crippen molar-refractivity contribution in [3.8, 4) is 22.4 Å². The molecular formula is C23H20Cl2IN7. The molecule has 0 spiro atoms. The van der Waals surface area contributed by atoms with Crippen LogP contribution in [0.5, 0.6) is 0 Å². The van der Waals surface area contributed by atoms with Crippen molar-refractivity contribution in [2.75, 3.05) is 22.9 Å². The second-order valence-corrected chi connectivity index (χ2v) is 9.31. The first-order valence-corrected chi connectivity index (χ1v) is 11.9. The lowest BCUT2D eigenvalue weighted by molar-refractivity contribution is 0.820. The lowest BCUT2D eigenvalue weighted by atomic mass is 10.0. The fourth-order valence-electron chi connectivity index (χ4n) is 3.18. The van der Waals surface area contributed by atoms with Crippen molar-refractivity contribution in [2.45, 2.75) is 13.0 Å². The molecule has 0 aliphatic carbocycles. The fraction of sp³-hybridized carbons (Fsp3) is 0.130. The second kappa shape index (κ2) is 10.5. The van der Waals surface area contributed by atoms with Gasteiger partial charge in [0.05, 0.1) is 14.3 Å². The minimum atomic E-state index is 0.0444. The largest absolute Gasteiger partial charge is 0.383 e. The van der Waals surface area contributed by atoms with Crippen LogP contribution < -0.4 is 16.4 Å². The van der Waals surface area contributed by atoms with Gasteiger partial charge in [0.25, 0.3) is 0 Å². The van der Waals surface area contributed by atoms with Gasteiger partial charge in [-0.05, 0) is 77.5 Å². The molecule has 4 N–H and O–H groups in total. The van der Waals surface area contributed by atoms with Crippen LogP contribution in [0, 0.1) is 3.57 Å². The van der Waals surface area contributed by atoms with Crippen molar-refractivity contribution in [1.82, 2.24) is 19.9 Å². The molecule has 0 amide bonds. The number of rotatable bonds is 7. The molecule has 0 bridgehead atoms. The van der Waals surface area contributed by atoms with Gasteiger partial charge < -0.3 is 16.4 Å². The number of nitrogens with two attached hydrogens (primary N) is 1. The van der Waals surface area contributed by atoms with E-state index in [-0.39, 0.29) is 6.04 Å². The lowest BCUT2D eigenvalue weighted by Crippen LogP contribution is -2.26. The molecule has 0 radical (unpaired) electrons. The molecule has 3 heterocycles. The lowest BCUT2D eigenvalue weighted by Gasteiger charge is -2.17. The highest BCUT2D eigenvalue weighted by atomic mass is 127. The molecule has 168 valence electrons. The SMILES string of the molecule is CC(CNc1ncc(-c2ccncc2)c(-c2ccc(Cl)cc2Cl)n1)Nc1ccc(I)c(N)n1. The highest BCUT2D eigenvalue weighted by Crippen LogP contribution is 2.35. The molecule has 4 rings (SSSR count). The molecular weight excluding hydrogens is 572 g/mol. The molecule has 10 heteroatoms. The summed E-state index contributed by atoms with van der Waals surface area (Å²) in [5.74, 6) is 1.70. The average molecular weight is 592 g/mol. The van der Waals surface area contributed by atoms with Crippen LogP contribution in [0.15, 0.2) is 61.1 Å². The summed E-state index contributed by atoms with van der Waals surface area (Å²) in [6.07, 6.45) is 5.24. The average Bonchev–Trinajstić information content (AvgIpc) is 2.81. The molecule has 1 unspecified atom stereocenters. The molecule has 3 aromatic heterocycles. The first-order valence-electron chi connectivity index (χ1n) is 10.1. The maximum absolute atomic E-state index is 6.51. The predicted molar refractivity (Wildman–Crippen MR) is 144 cm³/mol. The summed E-state index contributed by atoms with van der Waals surface area (Å²) >= 11 is 14.8. The number of aromatic nitrogens is 4. The Morgan fingerprint density at radius 2 is 1.82 bits per heavy atom. The van der Waals surface area contributed by atoms with Gasteiger partial charge in [0.1, 0.15) is 11.6 Å². The van der Waals surface area contributed by atoms with E-state index in [1.165, 1.54) is 0 Å². The van der Waals surface area contributed by atoms with Crippen molar-refractivity contribution >= 4 is 63.4 Å². The van der Waals surface area contributed by atoms with E-state index in [4.69, 9.17) is 33.9 Å². The third-order valence-electron chi connectivity index (χ3n) is 4.80. The highest BCUT2D eigenvalue weighted by Gasteiger charge is 2.15. The van der Waals surface area contributed by atoms with Gasteiger partial charge >= 0.3 is 0 Å². The zero-order valence-corrected chi connectivity index (χ0v) is 21.2. The van der Waals surface area contributed by atoms with Crippen LogP contribution >= 0.6 is 45.8 Å². The molecule has 0 aliphatic rings. The summed E-state index contributed by atoms with van der Waals surface area (Å²) in [6.45, 7) is 2.60. The zero-order valence-electron chi connectivity index (χ0n) is 17.6. The molecule has 1 aromatic carbocycles. The highest BCUT2D eigenvalue weighted by molar-refractivity contribution is 14.1. The molecule has 0 saturated heterocycles. The number of pyridine rings is 2. The third-order valence-corrected chi connectivity index (χ3v) is 6.26. The van der Waals surface area contributed by atoms with Crippen molar-refractivity contribution in [3.05, 3.63) is 74.7 Å². The Bertz CT molecular complexity index is 1270. The van der Waals surface area contributed by atoms with Crippen molar-refractivity contribution in [2.24, 2.45) is 0 Å². The van der Waals surface area contributed by atoms with Gasteiger partial charge in [-0.15, -0.1) is 0 Å². The Balaban J connectivity index is 1.58. The van der Waals surface area contributed by atoms with E-state index < -0.39 is 0 Å². The van der Waals surface area contributed by atoms with Gasteiger partial charge in [-0.25, -0.2) is 15.0 Å². The van der Waals surface area contributed by atoms with E-state index in [1.807, 2.05) is 37.3 Å². The van der Waals surface area contributed by atoms with Gasteiger partial charge in [-0.1, -0.05) is 23.2 Å². The number of benzene rings is 1. The van der Waals surface area contributed by atoms with Crippen LogP contribution in [0.3, 0.4) is 0 Å². The Kier molecular flexibility index (Phi) is 7.46. The smallest absolute Gasteiger partial charge is 0.223 e. The van der Waals surface area contributed by atoms with Gasteiger partial charge in [-0.2, -0.15) is 0 Å². The monoisotopic (exact) mass is 591 g/mol. The molecule has 1 atom stereocenters. The van der Waals surface area contributed by atoms with E-state index >= 15 is 0 Å². The summed E-state index contributed by atoms with van der Waals surface area (Å²) in [6, 6.07) is 13.0. The van der Waals surface area contributed by atoms with Gasteiger partial charge in [-0.3, -0.25) is 4.98 Å². The van der Waals surface area contributed by atoms with Crippen molar-refractivity contribution < 1.29 is 0 Å². The number of nitrogens with one attached hydrogen (secondary N) is 2. The molecule has 0 aliphatic heterocycles. The fourth-order valence-corrected chi connectivity index (χ4v) is 3.98. The molecule has 7 nitrogen and oxygen atoms in total. The van der Waals surface area contributed by atoms with Gasteiger partial charge in [0.2, 0.25) is 5.95 Å². The van der Waals surface area contributed by atoms with E-state index in [0.29, 0.717) is 39.9 Å². The van der Waals surface area contributed by atoms with Crippen LogP contribution in [0.4, 0.5) is 17.6 Å². The Morgan fingerprint density at radius 1 is 1.03 bits per heavy atom. The number of anilines is 3. The van der Waals surface area contributed by atoms with Gasteiger partial charge in [0, 0.05) is 47.3 Å². The number of hydrogen-bond acceptors (Lipinski definition) is 7. The number of halogens is 3. The summed E-state index contributed by atoms with van der Waals surface area (Å²) in [4.78, 5) is 17.7. The summed E-state index contributed by atoms with van der Waals surface area (Å²) in [5, 5.41) is 7.68. The van der Waals surface area contributed by atoms with Gasteiger partial charge in [0.15, 0.2) is 0 Å². The molecule has 0 fully saturated rings. The van der Waals surface area contributed by atoms with Crippen LogP contribution in [-0.2, 0) is 0 Å². The van der Waals surface area contributed by atoms with E-state index in [1.54, 1.807) is 30.7 Å². The minimum absolute atomic E-state index is 0.0444. The molecule has 33 heavy (non-hydrogen) atoms. The van der Waals surface area contributed by atoms with E-state index in [2.05, 4.69) is 48.2 Å². The van der Waals surface area contributed by atoms with Crippen LogP contribution in [-0.4, -0.2) is 32.5 Å². The Morgan fingerprint density at radius 3 is 2.55 bits per heavy atom. The molecule has 0 saturated carbocycles. The first kappa shape index (κ1) is 23.5. The van der Waals surface area contributed by atoms with E-state index in [9.17, 15) is 0 Å². The quantitative estimate of drug-likeness (QED) is 0.226. The maximum Gasteiger partial charge on any atom is 0.223 e. The first-order chi connectivity index (χ1) is 15.9. The van der Waals surface area contributed by atoms with Crippen molar-refractivity contribution in [3.63, 3.8) is 0 Å². The summed E-state index contributed by atoms with van der Waals surface area (Å²) < 4.78 is 0.917. The number of nitrogen functional groups attached to an aromatic ring is 1. The second-order valence-electron chi connectivity index (χ2n) is 7.31. The van der Waals surface area contributed by atoms with E-state index in [0.717, 1.165) is 20.3 Å². The third kappa shape index (κ3) is 5.82. The number of nitrogens with zero attached hydrogens (tertiary/aromatic N) is 4. The summed E-state index contributed by atoms with van der Waals surface area (Å²) in [7, 11) is 0.